The number of hydrogen-bond donors (Lipinski definition) is 2. The minimum Gasteiger partial charge on any atom is -0.340 e. The topological polar surface area (TPSA) is 78.7 Å². The molecule has 6 atom stereocenters. The van der Waals surface area contributed by atoms with Crippen molar-refractivity contribution in [2.75, 3.05) is 19.6 Å². The fraction of sp³-hybridized carbons (Fsp3) is 0.517. The van der Waals surface area contributed by atoms with Crippen molar-refractivity contribution in [3.05, 3.63) is 71.8 Å². The van der Waals surface area contributed by atoms with Crippen molar-refractivity contribution in [2.24, 2.45) is 5.73 Å². The Balaban J connectivity index is 1.34. The summed E-state index contributed by atoms with van der Waals surface area (Å²) in [5.41, 5.74) is 8.64. The summed E-state index contributed by atoms with van der Waals surface area (Å²) < 4.78 is 0. The van der Waals surface area contributed by atoms with Crippen LogP contribution in [0.25, 0.3) is 0 Å². The molecule has 6 heteroatoms. The van der Waals surface area contributed by atoms with Crippen molar-refractivity contribution in [2.45, 2.75) is 75.0 Å². The van der Waals surface area contributed by atoms with Crippen LogP contribution in [0.4, 0.5) is 0 Å². The van der Waals surface area contributed by atoms with Gasteiger partial charge in [0.05, 0.1) is 6.04 Å². The van der Waals surface area contributed by atoms with Gasteiger partial charge in [0.2, 0.25) is 11.8 Å². The Hall–Kier alpha value is -2.70. The predicted octanol–water partition coefficient (Wildman–Crippen LogP) is 3.25. The normalized spacial score (nSPS) is 29.8. The number of nitrogens with one attached hydrogen (secondary N) is 1. The molecule has 3 heterocycles. The lowest BCUT2D eigenvalue weighted by Crippen LogP contribution is -2.58. The third-order valence-electron chi connectivity index (χ3n) is 8.27. The average molecular weight is 475 g/mol. The Kier molecular flexibility index (Phi) is 7.21. The number of amides is 2. The van der Waals surface area contributed by atoms with Gasteiger partial charge in [-0.1, -0.05) is 60.7 Å². The van der Waals surface area contributed by atoms with Gasteiger partial charge in [0.25, 0.3) is 0 Å². The van der Waals surface area contributed by atoms with E-state index in [0.717, 1.165) is 38.8 Å². The Morgan fingerprint density at radius 3 is 2.20 bits per heavy atom. The van der Waals surface area contributed by atoms with Crippen LogP contribution >= 0.6 is 0 Å². The lowest BCUT2D eigenvalue weighted by molar-refractivity contribution is -0.144. The average Bonchev–Trinajstić information content (AvgIpc) is 3.57. The second-order valence-corrected chi connectivity index (χ2v) is 10.6. The van der Waals surface area contributed by atoms with Crippen LogP contribution in [0.15, 0.2) is 60.7 Å². The summed E-state index contributed by atoms with van der Waals surface area (Å²) in [6.45, 7) is 4.07. The van der Waals surface area contributed by atoms with Gasteiger partial charge in [0.1, 0.15) is 6.04 Å². The minimum atomic E-state index is -0.403. The van der Waals surface area contributed by atoms with Gasteiger partial charge >= 0.3 is 0 Å². The zero-order valence-corrected chi connectivity index (χ0v) is 20.7. The van der Waals surface area contributed by atoms with E-state index in [1.807, 2.05) is 41.0 Å². The first-order chi connectivity index (χ1) is 17.0. The fourth-order valence-corrected chi connectivity index (χ4v) is 6.23. The van der Waals surface area contributed by atoms with Crippen molar-refractivity contribution >= 4 is 11.8 Å². The van der Waals surface area contributed by atoms with Gasteiger partial charge in [0.15, 0.2) is 0 Å². The summed E-state index contributed by atoms with van der Waals surface area (Å²) in [5, 5.41) is 3.50. The number of carbonyl (C=O) groups excluding carboxylic acids is 2. The molecule has 0 aliphatic carbocycles. The maximum absolute atomic E-state index is 13.9. The van der Waals surface area contributed by atoms with Crippen LogP contribution in [0.3, 0.4) is 0 Å². The van der Waals surface area contributed by atoms with Crippen molar-refractivity contribution in [3.63, 3.8) is 0 Å². The zero-order chi connectivity index (χ0) is 24.4. The van der Waals surface area contributed by atoms with Gasteiger partial charge in [-0.15, -0.1) is 0 Å². The Bertz CT molecular complexity index is 1010. The summed E-state index contributed by atoms with van der Waals surface area (Å²) in [5.74, 6) is 0.706. The smallest absolute Gasteiger partial charge is 0.245 e. The van der Waals surface area contributed by atoms with Gasteiger partial charge in [0, 0.05) is 43.6 Å². The summed E-state index contributed by atoms with van der Waals surface area (Å²) in [7, 11) is 0. The molecule has 0 bridgehead atoms. The molecule has 6 nitrogen and oxygen atoms in total. The number of carbonyl (C=O) groups is 2. The maximum atomic E-state index is 13.9. The van der Waals surface area contributed by atoms with E-state index in [4.69, 9.17) is 5.73 Å². The van der Waals surface area contributed by atoms with Crippen molar-refractivity contribution < 1.29 is 9.59 Å². The molecule has 3 saturated heterocycles. The first-order valence-electron chi connectivity index (χ1n) is 13.2. The molecule has 3 N–H and O–H groups in total. The number of rotatable bonds is 5. The quantitative estimate of drug-likeness (QED) is 0.697. The van der Waals surface area contributed by atoms with Crippen LogP contribution in [0.1, 0.15) is 62.0 Å². The highest BCUT2D eigenvalue weighted by molar-refractivity contribution is 5.91. The Morgan fingerprint density at radius 2 is 1.54 bits per heavy atom. The molecule has 0 radical (unpaired) electrons. The number of likely N-dealkylation sites (tertiary alicyclic amines) is 2. The Labute approximate surface area is 208 Å². The van der Waals surface area contributed by atoms with Crippen molar-refractivity contribution in [3.8, 4) is 0 Å². The highest BCUT2D eigenvalue weighted by Crippen LogP contribution is 2.36. The zero-order valence-electron chi connectivity index (χ0n) is 20.7. The third-order valence-corrected chi connectivity index (χ3v) is 8.27. The van der Waals surface area contributed by atoms with E-state index in [1.165, 1.54) is 11.1 Å². The highest BCUT2D eigenvalue weighted by Gasteiger charge is 2.45. The summed E-state index contributed by atoms with van der Waals surface area (Å²) in [6, 6.07) is 20.3. The second kappa shape index (κ2) is 10.5. The monoisotopic (exact) mass is 474 g/mol. The van der Waals surface area contributed by atoms with Crippen molar-refractivity contribution in [1.29, 1.82) is 0 Å². The first-order valence-corrected chi connectivity index (χ1v) is 13.2. The molecule has 5 rings (SSSR count). The molecule has 3 aliphatic rings. The van der Waals surface area contributed by atoms with E-state index in [1.54, 1.807) is 0 Å². The van der Waals surface area contributed by atoms with Gasteiger partial charge < -0.3 is 20.9 Å². The molecule has 2 amide bonds. The highest BCUT2D eigenvalue weighted by atomic mass is 16.2. The van der Waals surface area contributed by atoms with Gasteiger partial charge in [-0.05, 0) is 50.2 Å². The SMILES string of the molecule is C[C@@H](N)[C@H]1CCC[C@@H](C(=O)N2C[C@@H](c3ccccc3)C[C@H]2C(=O)N2CC[C@H](c3ccccc3)C2)N1. The molecule has 3 aliphatic heterocycles. The molecule has 0 spiro atoms. The number of hydrogen-bond acceptors (Lipinski definition) is 4. The molecule has 3 fully saturated rings. The standard InChI is InChI=1S/C29H38N4O2/c1-20(30)25-13-8-14-26(31-25)28(34)33-19-24(22-11-6-3-7-12-22)17-27(33)29(35)32-16-15-23(18-32)21-9-4-2-5-10-21/h2-7,9-12,20,23-27,31H,8,13-19,30H2,1H3/t20-,23+,24+,25-,26+,27+/m1/s1. The first kappa shape index (κ1) is 24.0. The van der Waals surface area contributed by atoms with Crippen LogP contribution in [0.2, 0.25) is 0 Å². The maximum Gasteiger partial charge on any atom is 0.245 e. The van der Waals surface area contributed by atoms with Gasteiger partial charge in [-0.3, -0.25) is 9.59 Å². The van der Waals surface area contributed by atoms with Crippen LogP contribution in [-0.4, -0.2) is 65.4 Å². The molecule has 186 valence electrons. The third kappa shape index (κ3) is 5.14. The number of nitrogens with zero attached hydrogens (tertiary/aromatic N) is 2. The predicted molar refractivity (Wildman–Crippen MR) is 138 cm³/mol. The van der Waals surface area contributed by atoms with E-state index in [0.29, 0.717) is 18.9 Å². The molecule has 2 aromatic carbocycles. The fourth-order valence-electron chi connectivity index (χ4n) is 6.23. The summed E-state index contributed by atoms with van der Waals surface area (Å²) >= 11 is 0. The van der Waals surface area contributed by atoms with E-state index in [-0.39, 0.29) is 35.9 Å². The molecular weight excluding hydrogens is 436 g/mol. The molecule has 35 heavy (non-hydrogen) atoms. The molecular formula is C29H38N4O2. The van der Waals surface area contributed by atoms with E-state index >= 15 is 0 Å². The van der Waals surface area contributed by atoms with Crippen molar-refractivity contribution in [1.82, 2.24) is 15.1 Å². The molecule has 0 unspecified atom stereocenters. The van der Waals surface area contributed by atoms with Gasteiger partial charge in [-0.25, -0.2) is 0 Å². The molecule has 0 aromatic heterocycles. The lowest BCUT2D eigenvalue weighted by atomic mass is 9.94. The summed E-state index contributed by atoms with van der Waals surface area (Å²) in [6.07, 6.45) is 4.43. The van der Waals surface area contributed by atoms with Crippen LogP contribution < -0.4 is 11.1 Å². The number of nitrogens with two attached hydrogens (primary N) is 1. The van der Waals surface area contributed by atoms with Crippen LogP contribution in [-0.2, 0) is 9.59 Å². The largest absolute Gasteiger partial charge is 0.340 e. The van der Waals surface area contributed by atoms with E-state index < -0.39 is 6.04 Å². The second-order valence-electron chi connectivity index (χ2n) is 10.6. The number of piperidine rings is 1. The number of benzene rings is 2. The van der Waals surface area contributed by atoms with Gasteiger partial charge in [-0.2, -0.15) is 0 Å². The Morgan fingerprint density at radius 1 is 0.886 bits per heavy atom. The lowest BCUT2D eigenvalue weighted by Gasteiger charge is -2.36. The van der Waals surface area contributed by atoms with Crippen LogP contribution in [0.5, 0.6) is 0 Å². The molecule has 2 aromatic rings. The summed E-state index contributed by atoms with van der Waals surface area (Å²) in [4.78, 5) is 31.6. The van der Waals surface area contributed by atoms with E-state index in [2.05, 4.69) is 41.7 Å². The van der Waals surface area contributed by atoms with E-state index in [9.17, 15) is 9.59 Å². The minimum absolute atomic E-state index is 0.00167. The molecule has 0 saturated carbocycles. The van der Waals surface area contributed by atoms with Crippen LogP contribution in [0, 0.1) is 0 Å².